The van der Waals surface area contributed by atoms with Gasteiger partial charge in [0.05, 0.1) is 17.0 Å². The quantitative estimate of drug-likeness (QED) is 0.751. The van der Waals surface area contributed by atoms with Gasteiger partial charge in [0, 0.05) is 37.6 Å². The number of carbonyl (C=O) groups is 1. The Morgan fingerprint density at radius 2 is 1.66 bits per heavy atom. The number of hydrogen-bond acceptors (Lipinski definition) is 5. The molecule has 0 unspecified atom stereocenters. The molecule has 1 aliphatic heterocycles. The fraction of sp³-hybridized carbons (Fsp3) is 0.381. The van der Waals surface area contributed by atoms with Gasteiger partial charge in [-0.2, -0.15) is 0 Å². The summed E-state index contributed by atoms with van der Waals surface area (Å²) in [6, 6.07) is 11.0. The summed E-state index contributed by atoms with van der Waals surface area (Å²) in [5.74, 6) is -1.15. The molecule has 0 aromatic heterocycles. The third-order valence-electron chi connectivity index (χ3n) is 5.42. The van der Waals surface area contributed by atoms with Gasteiger partial charge in [-0.1, -0.05) is 12.1 Å². The van der Waals surface area contributed by atoms with E-state index in [1.807, 2.05) is 4.90 Å². The molecule has 2 aromatic rings. The van der Waals surface area contributed by atoms with Crippen molar-refractivity contribution >= 4 is 33.1 Å². The summed E-state index contributed by atoms with van der Waals surface area (Å²) < 4.78 is 26.0. The van der Waals surface area contributed by atoms with Crippen molar-refractivity contribution < 1.29 is 18.3 Å². The van der Waals surface area contributed by atoms with E-state index in [0.717, 1.165) is 13.1 Å². The van der Waals surface area contributed by atoms with Gasteiger partial charge in [-0.05, 0) is 56.2 Å². The van der Waals surface area contributed by atoms with Gasteiger partial charge in [-0.25, -0.2) is 13.2 Å². The molecule has 2 N–H and O–H groups in total. The van der Waals surface area contributed by atoms with Crippen LogP contribution in [0.1, 0.15) is 28.4 Å². The number of benzene rings is 2. The maximum atomic E-state index is 11.8. The number of sulfonamides is 1. The molecule has 1 heterocycles. The highest BCUT2D eigenvalue weighted by Gasteiger charge is 2.23. The van der Waals surface area contributed by atoms with Crippen LogP contribution in [-0.2, 0) is 10.0 Å². The molecule has 7 nitrogen and oxygen atoms in total. The third kappa shape index (κ3) is 4.64. The zero-order valence-electron chi connectivity index (χ0n) is 17.0. The predicted octanol–water partition coefficient (Wildman–Crippen LogP) is 3.09. The molecule has 29 heavy (non-hydrogen) atoms. The van der Waals surface area contributed by atoms with Crippen LogP contribution in [0.3, 0.4) is 0 Å². The Hall–Kier alpha value is -2.74. The Labute approximate surface area is 172 Å². The van der Waals surface area contributed by atoms with Crippen LogP contribution in [-0.4, -0.2) is 51.4 Å². The molecule has 0 bridgehead atoms. The van der Waals surface area contributed by atoms with Crippen molar-refractivity contribution in [3.05, 3.63) is 53.1 Å². The fourth-order valence-corrected chi connectivity index (χ4v) is 4.20. The molecule has 0 saturated carbocycles. The van der Waals surface area contributed by atoms with Gasteiger partial charge in [-0.15, -0.1) is 0 Å². The van der Waals surface area contributed by atoms with Crippen LogP contribution >= 0.6 is 0 Å². The maximum absolute atomic E-state index is 11.8. The summed E-state index contributed by atoms with van der Waals surface area (Å²) in [5, 5.41) is 9.66. The Kier molecular flexibility index (Phi) is 6.02. The van der Waals surface area contributed by atoms with Crippen molar-refractivity contribution in [3.8, 4) is 0 Å². The number of hydrogen-bond donors (Lipinski definition) is 2. The topological polar surface area (TPSA) is 90.0 Å². The van der Waals surface area contributed by atoms with Gasteiger partial charge in [0.15, 0.2) is 0 Å². The maximum Gasteiger partial charge on any atom is 0.337 e. The molecule has 0 aliphatic carbocycles. The third-order valence-corrected chi connectivity index (χ3v) is 6.72. The Bertz CT molecular complexity index is 1010. The zero-order valence-corrected chi connectivity index (χ0v) is 17.8. The molecule has 0 radical (unpaired) electrons. The smallest absolute Gasteiger partial charge is 0.337 e. The van der Waals surface area contributed by atoms with E-state index in [2.05, 4.69) is 41.7 Å². The van der Waals surface area contributed by atoms with Crippen LogP contribution in [0.15, 0.2) is 36.4 Å². The lowest BCUT2D eigenvalue weighted by Gasteiger charge is -2.38. The molecule has 0 spiro atoms. The number of anilines is 3. The molecular formula is C21H27N3O4S. The number of aromatic carboxylic acids is 1. The minimum atomic E-state index is -3.46. The minimum Gasteiger partial charge on any atom is -0.478 e. The van der Waals surface area contributed by atoms with Crippen molar-refractivity contribution in [2.24, 2.45) is 0 Å². The summed E-state index contributed by atoms with van der Waals surface area (Å²) in [6.07, 6.45) is 0. The molecule has 1 fully saturated rings. The van der Waals surface area contributed by atoms with Crippen molar-refractivity contribution in [2.45, 2.75) is 20.8 Å². The van der Waals surface area contributed by atoms with Crippen LogP contribution in [0.2, 0.25) is 0 Å². The van der Waals surface area contributed by atoms with Crippen LogP contribution in [0.5, 0.6) is 0 Å². The second-order valence-corrected chi connectivity index (χ2v) is 9.25. The van der Waals surface area contributed by atoms with E-state index in [4.69, 9.17) is 0 Å². The fourth-order valence-electron chi connectivity index (χ4n) is 3.56. The van der Waals surface area contributed by atoms with Crippen LogP contribution < -0.4 is 14.5 Å². The molecule has 156 valence electrons. The van der Waals surface area contributed by atoms with Gasteiger partial charge in [0.2, 0.25) is 10.0 Å². The van der Waals surface area contributed by atoms with E-state index in [1.165, 1.54) is 29.8 Å². The van der Waals surface area contributed by atoms with Gasteiger partial charge >= 0.3 is 5.97 Å². The number of rotatable bonds is 6. The van der Waals surface area contributed by atoms with Crippen LogP contribution in [0, 0.1) is 13.8 Å². The molecule has 1 saturated heterocycles. The largest absolute Gasteiger partial charge is 0.478 e. The molecule has 2 aromatic carbocycles. The first-order valence-corrected chi connectivity index (χ1v) is 11.3. The number of nitrogens with zero attached hydrogens (tertiary/aromatic N) is 2. The second kappa shape index (κ2) is 8.32. The number of carboxylic acid groups (broad SMARTS) is 1. The molecule has 0 amide bonds. The average molecular weight is 418 g/mol. The first-order valence-electron chi connectivity index (χ1n) is 9.66. The second-order valence-electron chi connectivity index (χ2n) is 7.24. The number of piperazine rings is 1. The lowest BCUT2D eigenvalue weighted by molar-refractivity contribution is 0.0697. The van der Waals surface area contributed by atoms with Gasteiger partial charge in [0.25, 0.3) is 0 Å². The molecule has 3 rings (SSSR count). The minimum absolute atomic E-state index is 0.0719. The summed E-state index contributed by atoms with van der Waals surface area (Å²) in [7, 11) is -3.46. The lowest BCUT2D eigenvalue weighted by atomic mass is 10.1. The van der Waals surface area contributed by atoms with E-state index >= 15 is 0 Å². The molecule has 1 aliphatic rings. The SMILES string of the molecule is CCS(=O)(=O)Nc1ccc(N2CCN(c3cccc(C)c3C)CC2)c(C(=O)O)c1. The van der Waals surface area contributed by atoms with Crippen molar-refractivity contribution in [2.75, 3.05) is 46.5 Å². The van der Waals surface area contributed by atoms with Gasteiger partial charge in [0.1, 0.15) is 0 Å². The first kappa shape index (κ1) is 21.0. The van der Waals surface area contributed by atoms with E-state index < -0.39 is 16.0 Å². The summed E-state index contributed by atoms with van der Waals surface area (Å²) in [4.78, 5) is 16.2. The van der Waals surface area contributed by atoms with E-state index in [-0.39, 0.29) is 17.0 Å². The summed E-state index contributed by atoms with van der Waals surface area (Å²) in [6.45, 7) is 8.70. The summed E-state index contributed by atoms with van der Waals surface area (Å²) in [5.41, 5.74) is 4.71. The Morgan fingerprint density at radius 1 is 1.03 bits per heavy atom. The highest BCUT2D eigenvalue weighted by Crippen LogP contribution is 2.29. The van der Waals surface area contributed by atoms with E-state index in [1.54, 1.807) is 12.1 Å². The normalized spacial score (nSPS) is 14.7. The monoisotopic (exact) mass is 417 g/mol. The van der Waals surface area contributed by atoms with E-state index in [9.17, 15) is 18.3 Å². The van der Waals surface area contributed by atoms with Crippen LogP contribution in [0.25, 0.3) is 0 Å². The number of nitrogens with one attached hydrogen (secondary N) is 1. The number of carboxylic acids is 1. The van der Waals surface area contributed by atoms with Crippen LogP contribution in [0.4, 0.5) is 17.1 Å². The Morgan fingerprint density at radius 3 is 2.24 bits per heavy atom. The predicted molar refractivity (Wildman–Crippen MR) is 117 cm³/mol. The van der Waals surface area contributed by atoms with Gasteiger partial charge in [-0.3, -0.25) is 4.72 Å². The van der Waals surface area contributed by atoms with Crippen molar-refractivity contribution in [1.82, 2.24) is 0 Å². The van der Waals surface area contributed by atoms with Crippen molar-refractivity contribution in [1.29, 1.82) is 0 Å². The highest BCUT2D eigenvalue weighted by molar-refractivity contribution is 7.92. The molecule has 0 atom stereocenters. The zero-order chi connectivity index (χ0) is 21.2. The lowest BCUT2D eigenvalue weighted by Crippen LogP contribution is -2.47. The first-order chi connectivity index (χ1) is 13.7. The van der Waals surface area contributed by atoms with Gasteiger partial charge < -0.3 is 14.9 Å². The van der Waals surface area contributed by atoms with E-state index in [0.29, 0.717) is 18.8 Å². The van der Waals surface area contributed by atoms with Crippen molar-refractivity contribution in [3.63, 3.8) is 0 Å². The molecule has 8 heteroatoms. The molecular weight excluding hydrogens is 390 g/mol. The standard InChI is InChI=1S/C21H27N3O4S/c1-4-29(27,28)22-17-8-9-20(18(14-17)21(25)26)24-12-10-23(11-13-24)19-7-5-6-15(2)16(19)3/h5-9,14,22H,4,10-13H2,1-3H3,(H,25,26). The number of aryl methyl sites for hydroxylation is 1. The average Bonchev–Trinajstić information content (AvgIpc) is 2.70. The Balaban J connectivity index is 1.79. The summed E-state index contributed by atoms with van der Waals surface area (Å²) >= 11 is 0. The highest BCUT2D eigenvalue weighted by atomic mass is 32.2.